The maximum atomic E-state index is 12.0. The quantitative estimate of drug-likeness (QED) is 0.684. The Morgan fingerprint density at radius 1 is 1.31 bits per heavy atom. The molecule has 0 aliphatic carbocycles. The second-order valence-electron chi connectivity index (χ2n) is 6.48. The summed E-state index contributed by atoms with van der Waals surface area (Å²) >= 11 is 0. The van der Waals surface area contributed by atoms with E-state index in [4.69, 9.17) is 4.98 Å². The zero-order chi connectivity index (χ0) is 18.5. The van der Waals surface area contributed by atoms with Gasteiger partial charge in [-0.15, -0.1) is 0 Å². The van der Waals surface area contributed by atoms with Gasteiger partial charge in [-0.25, -0.2) is 4.98 Å². The lowest BCUT2D eigenvalue weighted by molar-refractivity contribution is -0.121. The summed E-state index contributed by atoms with van der Waals surface area (Å²) in [6, 6.07) is 8.36. The van der Waals surface area contributed by atoms with Crippen LogP contribution in [0.25, 0.3) is 16.9 Å². The summed E-state index contributed by atoms with van der Waals surface area (Å²) in [6.07, 6.45) is 6.69. The van der Waals surface area contributed by atoms with Crippen LogP contribution < -0.4 is 10.6 Å². The number of nitrogens with one attached hydrogen (secondary N) is 2. The van der Waals surface area contributed by atoms with Crippen molar-refractivity contribution in [2.45, 2.75) is 39.7 Å². The summed E-state index contributed by atoms with van der Waals surface area (Å²) in [5.74, 6) is 0.938. The molecule has 0 spiro atoms. The van der Waals surface area contributed by atoms with E-state index < -0.39 is 0 Å². The molecule has 0 aliphatic heterocycles. The smallest absolute Gasteiger partial charge is 0.221 e. The molecule has 1 atom stereocenters. The molecular formula is C20H25N5O. The van der Waals surface area contributed by atoms with Crippen LogP contribution in [0.2, 0.25) is 0 Å². The lowest BCUT2D eigenvalue weighted by Gasteiger charge is -2.13. The number of carbonyl (C=O) groups is 1. The average Bonchev–Trinajstić information content (AvgIpc) is 3.00. The van der Waals surface area contributed by atoms with Gasteiger partial charge in [-0.2, -0.15) is 0 Å². The maximum absolute atomic E-state index is 12.0. The molecule has 0 saturated carbocycles. The molecule has 136 valence electrons. The van der Waals surface area contributed by atoms with Crippen LogP contribution in [0, 0.1) is 6.92 Å². The van der Waals surface area contributed by atoms with Crippen molar-refractivity contribution in [3.8, 4) is 11.3 Å². The number of hydrogen-bond acceptors (Lipinski definition) is 4. The number of anilines is 1. The van der Waals surface area contributed by atoms with Crippen molar-refractivity contribution in [3.63, 3.8) is 0 Å². The van der Waals surface area contributed by atoms with Crippen LogP contribution in [0.15, 0.2) is 42.9 Å². The Kier molecular flexibility index (Phi) is 5.51. The molecule has 2 N–H and O–H groups in total. The molecule has 1 unspecified atom stereocenters. The van der Waals surface area contributed by atoms with Gasteiger partial charge in [0.25, 0.3) is 0 Å². The molecule has 6 nitrogen and oxygen atoms in total. The van der Waals surface area contributed by atoms with Crippen molar-refractivity contribution >= 4 is 17.4 Å². The molecule has 26 heavy (non-hydrogen) atoms. The van der Waals surface area contributed by atoms with Crippen LogP contribution in [0.3, 0.4) is 0 Å². The van der Waals surface area contributed by atoms with Gasteiger partial charge in [0.1, 0.15) is 11.5 Å². The Morgan fingerprint density at radius 3 is 2.88 bits per heavy atom. The number of aromatic nitrogens is 3. The number of fused-ring (bicyclic) bond motifs is 1. The maximum Gasteiger partial charge on any atom is 0.221 e. The van der Waals surface area contributed by atoms with Crippen LogP contribution in [0.5, 0.6) is 0 Å². The zero-order valence-electron chi connectivity index (χ0n) is 15.5. The summed E-state index contributed by atoms with van der Waals surface area (Å²) in [6.45, 7) is 6.68. The lowest BCUT2D eigenvalue weighted by atomic mass is 10.1. The van der Waals surface area contributed by atoms with Crippen LogP contribution in [0.1, 0.15) is 32.3 Å². The molecular weight excluding hydrogens is 326 g/mol. The van der Waals surface area contributed by atoms with E-state index in [0.29, 0.717) is 13.0 Å². The van der Waals surface area contributed by atoms with Gasteiger partial charge in [-0.1, -0.05) is 31.2 Å². The fraction of sp³-hybridized carbons (Fsp3) is 0.350. The van der Waals surface area contributed by atoms with E-state index in [0.717, 1.165) is 34.7 Å². The first kappa shape index (κ1) is 17.9. The molecule has 0 fully saturated rings. The highest BCUT2D eigenvalue weighted by Gasteiger charge is 2.15. The monoisotopic (exact) mass is 351 g/mol. The summed E-state index contributed by atoms with van der Waals surface area (Å²) < 4.78 is 1.97. The van der Waals surface area contributed by atoms with Crippen molar-refractivity contribution in [2.24, 2.45) is 0 Å². The fourth-order valence-electron chi connectivity index (χ4n) is 2.85. The number of imidazole rings is 1. The van der Waals surface area contributed by atoms with Crippen molar-refractivity contribution in [2.75, 3.05) is 11.9 Å². The van der Waals surface area contributed by atoms with Gasteiger partial charge in [0, 0.05) is 37.0 Å². The number of benzene rings is 1. The highest BCUT2D eigenvalue weighted by molar-refractivity contribution is 5.79. The van der Waals surface area contributed by atoms with Crippen molar-refractivity contribution < 1.29 is 4.79 Å². The second-order valence-corrected chi connectivity index (χ2v) is 6.48. The molecule has 0 saturated heterocycles. The Bertz CT molecular complexity index is 902. The molecule has 1 aromatic carbocycles. The van der Waals surface area contributed by atoms with E-state index in [1.165, 1.54) is 0 Å². The van der Waals surface area contributed by atoms with Gasteiger partial charge >= 0.3 is 0 Å². The SMILES string of the molecule is CCC(C)NC(=O)CCNc1c(-c2ccccc2C)nc2cnccn12. The zero-order valence-corrected chi connectivity index (χ0v) is 15.5. The standard InChI is InChI=1S/C20H25N5O/c1-4-15(3)23-18(26)9-10-22-20-19(16-8-6-5-7-14(16)2)24-17-13-21-11-12-25(17)20/h5-8,11-13,15,22H,4,9-10H2,1-3H3,(H,23,26). The number of rotatable bonds is 7. The molecule has 3 rings (SSSR count). The van der Waals surface area contributed by atoms with E-state index in [1.807, 2.05) is 29.7 Å². The summed E-state index contributed by atoms with van der Waals surface area (Å²) in [7, 11) is 0. The third-order valence-corrected chi connectivity index (χ3v) is 4.49. The first-order valence-electron chi connectivity index (χ1n) is 9.01. The molecule has 6 heteroatoms. The molecule has 0 aliphatic rings. The third kappa shape index (κ3) is 3.85. The van der Waals surface area contributed by atoms with Crippen molar-refractivity contribution in [1.29, 1.82) is 0 Å². The number of amides is 1. The Morgan fingerprint density at radius 2 is 2.12 bits per heavy atom. The van der Waals surface area contributed by atoms with E-state index in [9.17, 15) is 4.79 Å². The number of aryl methyl sites for hydroxylation is 1. The molecule has 0 radical (unpaired) electrons. The van der Waals surface area contributed by atoms with E-state index in [1.54, 1.807) is 12.4 Å². The van der Waals surface area contributed by atoms with Crippen molar-refractivity contribution in [3.05, 3.63) is 48.4 Å². The van der Waals surface area contributed by atoms with Gasteiger partial charge in [0.2, 0.25) is 5.91 Å². The van der Waals surface area contributed by atoms with Crippen LogP contribution in [-0.4, -0.2) is 32.9 Å². The lowest BCUT2D eigenvalue weighted by Crippen LogP contribution is -2.33. The Hall–Kier alpha value is -2.89. The molecule has 0 bridgehead atoms. The predicted octanol–water partition coefficient (Wildman–Crippen LogP) is 3.42. The fourth-order valence-corrected chi connectivity index (χ4v) is 2.85. The van der Waals surface area contributed by atoms with E-state index in [2.05, 4.69) is 41.6 Å². The van der Waals surface area contributed by atoms with Gasteiger partial charge in [-0.3, -0.25) is 14.2 Å². The minimum Gasteiger partial charge on any atom is -0.369 e. The first-order chi connectivity index (χ1) is 12.6. The molecule has 2 heterocycles. The number of nitrogens with zero attached hydrogens (tertiary/aromatic N) is 3. The topological polar surface area (TPSA) is 71.3 Å². The summed E-state index contributed by atoms with van der Waals surface area (Å²) in [5, 5.41) is 6.39. The number of hydrogen-bond donors (Lipinski definition) is 2. The highest BCUT2D eigenvalue weighted by Crippen LogP contribution is 2.30. The van der Waals surface area contributed by atoms with Gasteiger partial charge in [0.05, 0.1) is 6.20 Å². The van der Waals surface area contributed by atoms with Gasteiger partial charge in [0.15, 0.2) is 5.65 Å². The van der Waals surface area contributed by atoms with E-state index >= 15 is 0 Å². The van der Waals surface area contributed by atoms with Crippen molar-refractivity contribution in [1.82, 2.24) is 19.7 Å². The van der Waals surface area contributed by atoms with E-state index in [-0.39, 0.29) is 11.9 Å². The summed E-state index contributed by atoms with van der Waals surface area (Å²) in [4.78, 5) is 20.9. The second kappa shape index (κ2) is 7.99. The third-order valence-electron chi connectivity index (χ3n) is 4.49. The van der Waals surface area contributed by atoms with Gasteiger partial charge < -0.3 is 10.6 Å². The minimum atomic E-state index is 0.0554. The molecule has 3 aromatic rings. The normalized spacial score (nSPS) is 12.1. The number of carbonyl (C=O) groups excluding carboxylic acids is 1. The van der Waals surface area contributed by atoms with Crippen LogP contribution in [0.4, 0.5) is 5.82 Å². The Balaban J connectivity index is 1.84. The van der Waals surface area contributed by atoms with Crippen LogP contribution in [-0.2, 0) is 4.79 Å². The highest BCUT2D eigenvalue weighted by atomic mass is 16.1. The predicted molar refractivity (Wildman–Crippen MR) is 104 cm³/mol. The molecule has 2 aromatic heterocycles. The summed E-state index contributed by atoms with van der Waals surface area (Å²) in [5.41, 5.74) is 3.87. The Labute approximate surface area is 153 Å². The minimum absolute atomic E-state index is 0.0554. The molecule has 1 amide bonds. The van der Waals surface area contributed by atoms with Gasteiger partial charge in [-0.05, 0) is 25.8 Å². The first-order valence-corrected chi connectivity index (χ1v) is 9.01. The average molecular weight is 351 g/mol. The van der Waals surface area contributed by atoms with Crippen LogP contribution >= 0.6 is 0 Å². The largest absolute Gasteiger partial charge is 0.369 e.